The number of aromatic amines is 1. The van der Waals surface area contributed by atoms with Gasteiger partial charge in [0, 0.05) is 24.0 Å². The van der Waals surface area contributed by atoms with Crippen molar-refractivity contribution in [1.29, 1.82) is 0 Å². The van der Waals surface area contributed by atoms with Crippen LogP contribution in [-0.4, -0.2) is 10.1 Å². The molecule has 0 aliphatic carbocycles. The molecule has 0 bridgehead atoms. The summed E-state index contributed by atoms with van der Waals surface area (Å²) in [4.78, 5) is 2.86. The summed E-state index contributed by atoms with van der Waals surface area (Å²) in [5.41, 5.74) is 1.96. The van der Waals surface area contributed by atoms with Crippen LogP contribution < -0.4 is 0 Å². The molecular weight excluding hydrogens is 200 g/mol. The number of nitrogens with zero attached hydrogens (tertiary/aromatic N) is 1. The van der Waals surface area contributed by atoms with Crippen molar-refractivity contribution in [2.24, 2.45) is 0 Å². The van der Waals surface area contributed by atoms with Crippen molar-refractivity contribution in [3.8, 4) is 11.3 Å². The van der Waals surface area contributed by atoms with E-state index in [1.807, 2.05) is 60.9 Å². The van der Waals surface area contributed by atoms with Crippen LogP contribution in [0, 0.1) is 0 Å². The summed E-state index contributed by atoms with van der Waals surface area (Å²) >= 11 is 0. The van der Waals surface area contributed by atoms with Crippen molar-refractivity contribution < 1.29 is 4.52 Å². The van der Waals surface area contributed by atoms with Crippen LogP contribution in [0.5, 0.6) is 0 Å². The van der Waals surface area contributed by atoms with E-state index >= 15 is 0 Å². The van der Waals surface area contributed by atoms with Gasteiger partial charge >= 0.3 is 0 Å². The van der Waals surface area contributed by atoms with E-state index in [1.54, 1.807) is 6.26 Å². The third-order valence-electron chi connectivity index (χ3n) is 2.00. The lowest BCUT2D eigenvalue weighted by molar-refractivity contribution is 0.422. The van der Waals surface area contributed by atoms with E-state index in [0.29, 0.717) is 0 Å². The van der Waals surface area contributed by atoms with Crippen LogP contribution in [0.15, 0.2) is 71.7 Å². The standard InChI is InChI=1S/C9H7NO.C4H5N/c1-2-4-8(5-3-1)9-6-7-11-10-9;1-2-4-5-3-1/h1-7H;1-5H. The number of aromatic nitrogens is 2. The molecule has 0 amide bonds. The summed E-state index contributed by atoms with van der Waals surface area (Å²) in [6.45, 7) is 0. The zero-order chi connectivity index (χ0) is 11.1. The maximum atomic E-state index is 4.72. The summed E-state index contributed by atoms with van der Waals surface area (Å²) in [7, 11) is 0. The molecule has 16 heavy (non-hydrogen) atoms. The van der Waals surface area contributed by atoms with Gasteiger partial charge in [0.05, 0.1) is 0 Å². The van der Waals surface area contributed by atoms with Crippen LogP contribution in [0.4, 0.5) is 0 Å². The van der Waals surface area contributed by atoms with Gasteiger partial charge in [-0.2, -0.15) is 0 Å². The summed E-state index contributed by atoms with van der Waals surface area (Å²) in [6, 6.07) is 15.7. The Morgan fingerprint density at radius 2 is 1.62 bits per heavy atom. The van der Waals surface area contributed by atoms with E-state index in [0.717, 1.165) is 11.3 Å². The fourth-order valence-corrected chi connectivity index (χ4v) is 1.25. The van der Waals surface area contributed by atoms with E-state index in [-0.39, 0.29) is 0 Å². The number of benzene rings is 1. The van der Waals surface area contributed by atoms with Crippen molar-refractivity contribution in [1.82, 2.24) is 10.1 Å². The monoisotopic (exact) mass is 212 g/mol. The smallest absolute Gasteiger partial charge is 0.124 e. The lowest BCUT2D eigenvalue weighted by Crippen LogP contribution is -1.73. The van der Waals surface area contributed by atoms with E-state index in [9.17, 15) is 0 Å². The minimum Gasteiger partial charge on any atom is -0.368 e. The molecule has 0 aliphatic rings. The van der Waals surface area contributed by atoms with Crippen LogP contribution >= 0.6 is 0 Å². The number of H-pyrrole nitrogens is 1. The molecule has 0 fully saturated rings. The average molecular weight is 212 g/mol. The van der Waals surface area contributed by atoms with Gasteiger partial charge in [-0.25, -0.2) is 0 Å². The first-order valence-corrected chi connectivity index (χ1v) is 5.00. The van der Waals surface area contributed by atoms with Crippen LogP contribution in [0.1, 0.15) is 0 Å². The SMILES string of the molecule is c1cc[nH]c1.c1ccc(-c2ccon2)cc1. The third kappa shape index (κ3) is 2.85. The lowest BCUT2D eigenvalue weighted by Gasteiger charge is -1.90. The van der Waals surface area contributed by atoms with Crippen molar-refractivity contribution in [3.05, 3.63) is 67.2 Å². The molecule has 0 unspecified atom stereocenters. The first-order chi connectivity index (χ1) is 7.97. The molecule has 0 radical (unpaired) electrons. The van der Waals surface area contributed by atoms with Crippen LogP contribution in [0.25, 0.3) is 11.3 Å². The lowest BCUT2D eigenvalue weighted by atomic mass is 10.2. The number of nitrogens with one attached hydrogen (secondary N) is 1. The molecule has 1 N–H and O–H groups in total. The molecule has 3 heteroatoms. The topological polar surface area (TPSA) is 41.8 Å². The molecular formula is C13H12N2O. The van der Waals surface area contributed by atoms with Gasteiger partial charge in [-0.3, -0.25) is 0 Å². The summed E-state index contributed by atoms with van der Waals surface area (Å²) < 4.78 is 4.72. The average Bonchev–Trinajstić information content (AvgIpc) is 3.07. The van der Waals surface area contributed by atoms with Crippen molar-refractivity contribution in [2.45, 2.75) is 0 Å². The van der Waals surface area contributed by atoms with Crippen molar-refractivity contribution >= 4 is 0 Å². The fourth-order valence-electron chi connectivity index (χ4n) is 1.25. The molecule has 0 spiro atoms. The number of hydrogen-bond donors (Lipinski definition) is 1. The van der Waals surface area contributed by atoms with E-state index in [4.69, 9.17) is 4.52 Å². The Morgan fingerprint density at radius 1 is 0.875 bits per heavy atom. The molecule has 0 saturated carbocycles. The summed E-state index contributed by atoms with van der Waals surface area (Å²) in [6.07, 6.45) is 5.32. The van der Waals surface area contributed by atoms with Gasteiger partial charge in [0.1, 0.15) is 12.0 Å². The largest absolute Gasteiger partial charge is 0.368 e. The molecule has 2 aromatic heterocycles. The number of hydrogen-bond acceptors (Lipinski definition) is 2. The quantitative estimate of drug-likeness (QED) is 0.672. The van der Waals surface area contributed by atoms with Gasteiger partial charge in [-0.05, 0) is 12.1 Å². The van der Waals surface area contributed by atoms with Gasteiger partial charge in [-0.1, -0.05) is 35.5 Å². The highest BCUT2D eigenvalue weighted by molar-refractivity contribution is 5.57. The Hall–Kier alpha value is -2.29. The predicted octanol–water partition coefficient (Wildman–Crippen LogP) is 3.36. The van der Waals surface area contributed by atoms with Gasteiger partial charge in [-0.15, -0.1) is 0 Å². The highest BCUT2D eigenvalue weighted by atomic mass is 16.5. The second-order valence-corrected chi connectivity index (χ2v) is 3.14. The zero-order valence-corrected chi connectivity index (χ0v) is 8.71. The van der Waals surface area contributed by atoms with E-state index in [1.165, 1.54) is 0 Å². The van der Waals surface area contributed by atoms with Gasteiger partial charge in [0.15, 0.2) is 0 Å². The third-order valence-corrected chi connectivity index (χ3v) is 2.00. The van der Waals surface area contributed by atoms with Gasteiger partial charge in [0.2, 0.25) is 0 Å². The van der Waals surface area contributed by atoms with Crippen LogP contribution in [0.2, 0.25) is 0 Å². The molecule has 80 valence electrons. The Bertz CT molecular complexity index is 455. The first kappa shape index (κ1) is 10.2. The number of rotatable bonds is 1. The fraction of sp³-hybridized carbons (Fsp3) is 0. The minimum absolute atomic E-state index is 0.880. The van der Waals surface area contributed by atoms with Crippen LogP contribution in [-0.2, 0) is 0 Å². The first-order valence-electron chi connectivity index (χ1n) is 5.00. The minimum atomic E-state index is 0.880. The molecule has 2 heterocycles. The molecule has 0 atom stereocenters. The maximum Gasteiger partial charge on any atom is 0.124 e. The zero-order valence-electron chi connectivity index (χ0n) is 8.71. The summed E-state index contributed by atoms with van der Waals surface area (Å²) in [5.74, 6) is 0. The Morgan fingerprint density at radius 3 is 2.12 bits per heavy atom. The normalized spacial score (nSPS) is 9.25. The molecule has 3 nitrogen and oxygen atoms in total. The predicted molar refractivity (Wildman–Crippen MR) is 62.7 cm³/mol. The Labute approximate surface area is 93.7 Å². The highest BCUT2D eigenvalue weighted by Crippen LogP contribution is 2.14. The molecule has 3 aromatic rings. The van der Waals surface area contributed by atoms with E-state index < -0.39 is 0 Å². The Kier molecular flexibility index (Phi) is 3.55. The van der Waals surface area contributed by atoms with E-state index in [2.05, 4.69) is 10.1 Å². The highest BCUT2D eigenvalue weighted by Gasteiger charge is 1.96. The Balaban J connectivity index is 0.000000162. The van der Waals surface area contributed by atoms with Gasteiger partial charge < -0.3 is 9.51 Å². The molecule has 1 aromatic carbocycles. The van der Waals surface area contributed by atoms with Crippen molar-refractivity contribution in [3.63, 3.8) is 0 Å². The van der Waals surface area contributed by atoms with Crippen molar-refractivity contribution in [2.75, 3.05) is 0 Å². The second-order valence-electron chi connectivity index (χ2n) is 3.14. The second kappa shape index (κ2) is 5.56. The molecule has 0 saturated heterocycles. The maximum absolute atomic E-state index is 4.72. The summed E-state index contributed by atoms with van der Waals surface area (Å²) in [5, 5.41) is 3.81. The molecule has 0 aliphatic heterocycles. The van der Waals surface area contributed by atoms with Crippen LogP contribution in [0.3, 0.4) is 0 Å². The van der Waals surface area contributed by atoms with Gasteiger partial charge in [0.25, 0.3) is 0 Å². The molecule has 3 rings (SSSR count).